The van der Waals surface area contributed by atoms with Crippen LogP contribution in [0.2, 0.25) is 0 Å². The maximum Gasteiger partial charge on any atom is 0.337 e. The SMILES string of the molecule is COC(=O)c1ccc(C2c3[nH]c4ccc(Br)cc4c3CCN2C=S)cc1. The van der Waals surface area contributed by atoms with Crippen LogP contribution in [0.15, 0.2) is 46.9 Å². The Hall–Kier alpha value is -2.18. The van der Waals surface area contributed by atoms with E-state index < -0.39 is 0 Å². The van der Waals surface area contributed by atoms with Gasteiger partial charge in [0.25, 0.3) is 0 Å². The third-order valence-corrected chi connectivity index (χ3v) is 5.67. The van der Waals surface area contributed by atoms with Crippen molar-refractivity contribution in [2.24, 2.45) is 0 Å². The van der Waals surface area contributed by atoms with Gasteiger partial charge in [-0.25, -0.2) is 4.79 Å². The lowest BCUT2D eigenvalue weighted by molar-refractivity contribution is 0.0600. The van der Waals surface area contributed by atoms with Crippen molar-refractivity contribution in [1.82, 2.24) is 9.88 Å². The molecule has 2 heterocycles. The summed E-state index contributed by atoms with van der Waals surface area (Å²) < 4.78 is 5.86. The molecular weight excluding hydrogens is 412 g/mol. The summed E-state index contributed by atoms with van der Waals surface area (Å²) in [5.41, 5.74) is 6.98. The van der Waals surface area contributed by atoms with E-state index in [-0.39, 0.29) is 12.0 Å². The van der Waals surface area contributed by atoms with Crippen LogP contribution in [-0.4, -0.2) is 35.0 Å². The predicted octanol–water partition coefficient (Wildman–Crippen LogP) is 4.62. The number of nitrogens with zero attached hydrogens (tertiary/aromatic N) is 1. The van der Waals surface area contributed by atoms with Crippen molar-refractivity contribution in [3.63, 3.8) is 0 Å². The summed E-state index contributed by atoms with van der Waals surface area (Å²) in [5, 5.41) is 1.24. The minimum Gasteiger partial charge on any atom is -0.465 e. The quantitative estimate of drug-likeness (QED) is 0.488. The van der Waals surface area contributed by atoms with E-state index in [1.165, 1.54) is 18.1 Å². The van der Waals surface area contributed by atoms with E-state index in [0.29, 0.717) is 5.56 Å². The van der Waals surface area contributed by atoms with Gasteiger partial charge in [0.05, 0.1) is 24.2 Å². The van der Waals surface area contributed by atoms with Gasteiger partial charge in [0.2, 0.25) is 0 Å². The lowest BCUT2D eigenvalue weighted by Crippen LogP contribution is -2.34. The third kappa shape index (κ3) is 2.83. The molecule has 0 aliphatic carbocycles. The van der Waals surface area contributed by atoms with Gasteiger partial charge in [-0.15, -0.1) is 0 Å². The van der Waals surface area contributed by atoms with Gasteiger partial charge in [0.1, 0.15) is 0 Å². The molecule has 3 aromatic rings. The molecule has 1 N–H and O–H groups in total. The summed E-state index contributed by atoms with van der Waals surface area (Å²) in [5.74, 6) is -0.331. The summed E-state index contributed by atoms with van der Waals surface area (Å²) in [6.45, 7) is 0.861. The van der Waals surface area contributed by atoms with Gasteiger partial charge >= 0.3 is 5.97 Å². The van der Waals surface area contributed by atoms with Crippen LogP contribution in [0.3, 0.4) is 0 Å². The Morgan fingerprint density at radius 2 is 2.08 bits per heavy atom. The van der Waals surface area contributed by atoms with Gasteiger partial charge in [-0.2, -0.15) is 0 Å². The summed E-state index contributed by atoms with van der Waals surface area (Å²) in [6.07, 6.45) is 0.940. The van der Waals surface area contributed by atoms with Gasteiger partial charge in [-0.05, 0) is 47.9 Å². The zero-order valence-electron chi connectivity index (χ0n) is 14.2. The molecule has 1 atom stereocenters. The molecule has 2 aromatic carbocycles. The van der Waals surface area contributed by atoms with Crippen LogP contribution in [0.1, 0.15) is 33.2 Å². The molecule has 0 fully saturated rings. The van der Waals surface area contributed by atoms with E-state index in [9.17, 15) is 4.79 Å². The lowest BCUT2D eigenvalue weighted by Gasteiger charge is -2.34. The Morgan fingerprint density at radius 3 is 2.77 bits per heavy atom. The van der Waals surface area contributed by atoms with Crippen LogP contribution in [-0.2, 0) is 11.2 Å². The van der Waals surface area contributed by atoms with Gasteiger partial charge in [-0.3, -0.25) is 0 Å². The summed E-state index contributed by atoms with van der Waals surface area (Å²) >= 11 is 8.84. The highest BCUT2D eigenvalue weighted by molar-refractivity contribution is 9.10. The Labute approximate surface area is 165 Å². The molecule has 0 bridgehead atoms. The smallest absolute Gasteiger partial charge is 0.337 e. The topological polar surface area (TPSA) is 45.3 Å². The Balaban J connectivity index is 1.83. The van der Waals surface area contributed by atoms with Crippen molar-refractivity contribution >= 4 is 50.5 Å². The molecule has 0 radical (unpaired) electrons. The number of esters is 1. The molecule has 1 aliphatic heterocycles. The fourth-order valence-electron chi connectivity index (χ4n) is 3.67. The van der Waals surface area contributed by atoms with Crippen molar-refractivity contribution in [3.05, 3.63) is 69.3 Å². The predicted molar refractivity (Wildman–Crippen MR) is 110 cm³/mol. The number of rotatable bonds is 3. The number of hydrogen-bond donors (Lipinski definition) is 1. The highest BCUT2D eigenvalue weighted by Gasteiger charge is 2.30. The number of carbonyl (C=O) groups is 1. The Morgan fingerprint density at radius 1 is 1.31 bits per heavy atom. The van der Waals surface area contributed by atoms with Crippen LogP contribution in [0.4, 0.5) is 0 Å². The number of benzene rings is 2. The van der Waals surface area contributed by atoms with Crippen molar-refractivity contribution in [1.29, 1.82) is 0 Å². The molecule has 1 aromatic heterocycles. The average molecular weight is 429 g/mol. The monoisotopic (exact) mass is 428 g/mol. The summed E-state index contributed by atoms with van der Waals surface area (Å²) in [7, 11) is 1.39. The third-order valence-electron chi connectivity index (χ3n) is 4.91. The summed E-state index contributed by atoms with van der Waals surface area (Å²) in [6, 6.07) is 13.9. The minimum absolute atomic E-state index is 0.00845. The molecule has 26 heavy (non-hydrogen) atoms. The van der Waals surface area contributed by atoms with Crippen LogP contribution in [0, 0.1) is 0 Å². The van der Waals surface area contributed by atoms with Crippen LogP contribution < -0.4 is 0 Å². The molecule has 1 unspecified atom stereocenters. The minimum atomic E-state index is -0.331. The maximum atomic E-state index is 11.7. The molecule has 0 saturated carbocycles. The molecule has 4 nitrogen and oxygen atoms in total. The van der Waals surface area contributed by atoms with E-state index in [1.807, 2.05) is 18.2 Å². The van der Waals surface area contributed by atoms with Crippen molar-refractivity contribution in [2.45, 2.75) is 12.5 Å². The van der Waals surface area contributed by atoms with E-state index in [4.69, 9.17) is 17.0 Å². The average Bonchev–Trinajstić information content (AvgIpc) is 3.04. The number of aromatic amines is 1. The number of nitrogens with one attached hydrogen (secondary N) is 1. The second-order valence-corrected chi connectivity index (χ2v) is 7.44. The van der Waals surface area contributed by atoms with E-state index >= 15 is 0 Å². The molecule has 4 rings (SSSR count). The molecule has 6 heteroatoms. The number of halogens is 1. The maximum absolute atomic E-state index is 11.7. The number of fused-ring (bicyclic) bond motifs is 3. The van der Waals surface area contributed by atoms with E-state index in [2.05, 4.69) is 37.9 Å². The van der Waals surface area contributed by atoms with Gasteiger partial charge in [0, 0.05) is 27.6 Å². The van der Waals surface area contributed by atoms with Crippen LogP contribution >= 0.6 is 28.1 Å². The number of hydrogen-bond acceptors (Lipinski definition) is 3. The highest BCUT2D eigenvalue weighted by atomic mass is 79.9. The molecule has 0 saturated heterocycles. The molecule has 0 spiro atoms. The Bertz CT molecular complexity index is 997. The normalized spacial score (nSPS) is 16.4. The number of thiocarbonyl (C=S) groups is 1. The van der Waals surface area contributed by atoms with Crippen LogP contribution in [0.25, 0.3) is 10.9 Å². The zero-order valence-corrected chi connectivity index (χ0v) is 16.6. The standard InChI is InChI=1S/C20H17BrN2O2S/c1-25-20(24)13-4-2-12(3-5-13)19-18-15(8-9-23(19)11-26)16-10-14(21)6-7-17(16)22-18/h2-7,10-11,19,22H,8-9H2,1H3. The molecule has 1 aliphatic rings. The Kier molecular flexibility index (Phi) is 4.54. The van der Waals surface area contributed by atoms with Crippen LogP contribution in [0.5, 0.6) is 0 Å². The second kappa shape index (κ2) is 6.85. The fraction of sp³-hybridized carbons (Fsp3) is 0.200. The largest absolute Gasteiger partial charge is 0.465 e. The molecule has 132 valence electrons. The van der Waals surface area contributed by atoms with E-state index in [0.717, 1.165) is 34.2 Å². The van der Waals surface area contributed by atoms with Gasteiger partial charge < -0.3 is 14.6 Å². The molecule has 0 amide bonds. The highest BCUT2D eigenvalue weighted by Crippen LogP contribution is 2.38. The first-order valence-corrected chi connectivity index (χ1v) is 9.58. The zero-order chi connectivity index (χ0) is 18.3. The number of H-pyrrole nitrogens is 1. The fourth-order valence-corrected chi connectivity index (χ4v) is 4.26. The van der Waals surface area contributed by atoms with Crippen molar-refractivity contribution in [2.75, 3.05) is 13.7 Å². The number of aromatic nitrogens is 1. The van der Waals surface area contributed by atoms with Crippen molar-refractivity contribution < 1.29 is 9.53 Å². The second-order valence-electron chi connectivity index (χ2n) is 6.32. The summed E-state index contributed by atoms with van der Waals surface area (Å²) in [4.78, 5) is 17.4. The van der Waals surface area contributed by atoms with Gasteiger partial charge in [0.15, 0.2) is 0 Å². The number of carbonyl (C=O) groups excluding carboxylic acids is 1. The first-order valence-electron chi connectivity index (χ1n) is 8.31. The molecular formula is C20H17BrN2O2S. The van der Waals surface area contributed by atoms with Gasteiger partial charge in [-0.1, -0.05) is 40.3 Å². The van der Waals surface area contributed by atoms with Crippen molar-refractivity contribution in [3.8, 4) is 0 Å². The first kappa shape index (κ1) is 17.2. The number of methoxy groups -OCH3 is 1. The first-order chi connectivity index (χ1) is 12.6. The van der Waals surface area contributed by atoms with E-state index in [1.54, 1.807) is 17.6 Å². The lowest BCUT2D eigenvalue weighted by atomic mass is 9.92. The number of ether oxygens (including phenoxy) is 1.